The van der Waals surface area contributed by atoms with Crippen LogP contribution in [0.3, 0.4) is 0 Å². The van der Waals surface area contributed by atoms with E-state index in [-0.39, 0.29) is 12.1 Å². The van der Waals surface area contributed by atoms with Crippen LogP contribution in [0.25, 0.3) is 0 Å². The molecule has 19 heavy (non-hydrogen) atoms. The van der Waals surface area contributed by atoms with Gasteiger partial charge in [-0.3, -0.25) is 4.79 Å². The van der Waals surface area contributed by atoms with Crippen LogP contribution in [0.4, 0.5) is 13.2 Å². The van der Waals surface area contributed by atoms with E-state index >= 15 is 0 Å². The number of hydrogen-bond acceptors (Lipinski definition) is 3. The molecule has 7 heteroatoms. The van der Waals surface area contributed by atoms with Gasteiger partial charge in [-0.1, -0.05) is 0 Å². The molecule has 1 aromatic carbocycles. The summed E-state index contributed by atoms with van der Waals surface area (Å²) >= 11 is 0. The molecule has 0 bridgehead atoms. The molecule has 0 unspecified atom stereocenters. The Morgan fingerprint density at radius 2 is 2.11 bits per heavy atom. The lowest BCUT2D eigenvalue weighted by Gasteiger charge is -2.19. The summed E-state index contributed by atoms with van der Waals surface area (Å²) < 4.78 is 41.4. The fourth-order valence-electron chi connectivity index (χ4n) is 1.28. The summed E-state index contributed by atoms with van der Waals surface area (Å²) in [7, 11) is 0. The first-order valence-corrected chi connectivity index (χ1v) is 5.50. The third-order valence-corrected chi connectivity index (χ3v) is 2.11. The van der Waals surface area contributed by atoms with Gasteiger partial charge < -0.3 is 15.8 Å². The zero-order valence-electron chi connectivity index (χ0n) is 10.5. The topological polar surface area (TPSA) is 64.3 Å². The van der Waals surface area contributed by atoms with Crippen LogP contribution in [0.1, 0.15) is 24.2 Å². The second-order valence-electron chi connectivity index (χ2n) is 4.69. The number of carbonyl (C=O) groups is 1. The fourth-order valence-corrected chi connectivity index (χ4v) is 1.28. The second kappa shape index (κ2) is 5.92. The van der Waals surface area contributed by atoms with Gasteiger partial charge in [0.15, 0.2) is 0 Å². The van der Waals surface area contributed by atoms with Crippen LogP contribution in [-0.2, 0) is 0 Å². The Hall–Kier alpha value is -1.76. The number of hydrogen-bond donors (Lipinski definition) is 2. The number of carbonyl (C=O) groups excluding carboxylic acids is 1. The highest BCUT2D eigenvalue weighted by molar-refractivity contribution is 5.96. The normalized spacial score (nSPS) is 11.5. The Labute approximate surface area is 108 Å². The lowest BCUT2D eigenvalue weighted by atomic mass is 10.1. The molecular weight excluding hydrogens is 261 g/mol. The molecular formula is C12H15F3N2O2. The smallest absolute Gasteiger partial charge is 0.387 e. The Bertz CT molecular complexity index is 459. The number of benzene rings is 1. The summed E-state index contributed by atoms with van der Waals surface area (Å²) in [6.45, 7) is 0.375. The Morgan fingerprint density at radius 1 is 1.47 bits per heavy atom. The SMILES string of the molecule is CC(C)(N)CNC(=O)c1ccc(F)cc1OC(F)F. The van der Waals surface area contributed by atoms with Crippen molar-refractivity contribution in [2.24, 2.45) is 5.73 Å². The van der Waals surface area contributed by atoms with Crippen molar-refractivity contribution < 1.29 is 22.7 Å². The van der Waals surface area contributed by atoms with E-state index in [2.05, 4.69) is 10.1 Å². The Balaban J connectivity index is 2.89. The van der Waals surface area contributed by atoms with Crippen molar-refractivity contribution in [1.29, 1.82) is 0 Å². The second-order valence-corrected chi connectivity index (χ2v) is 4.69. The average molecular weight is 276 g/mol. The van der Waals surface area contributed by atoms with Gasteiger partial charge in [-0.2, -0.15) is 8.78 Å². The molecule has 4 nitrogen and oxygen atoms in total. The summed E-state index contributed by atoms with van der Waals surface area (Å²) in [5, 5.41) is 2.46. The number of nitrogens with two attached hydrogens (primary N) is 1. The average Bonchev–Trinajstić information content (AvgIpc) is 2.24. The number of amides is 1. The van der Waals surface area contributed by atoms with E-state index in [1.54, 1.807) is 13.8 Å². The molecule has 0 atom stereocenters. The van der Waals surface area contributed by atoms with Crippen LogP contribution >= 0.6 is 0 Å². The molecule has 0 aromatic heterocycles. The van der Waals surface area contributed by atoms with Crippen molar-refractivity contribution in [1.82, 2.24) is 5.32 Å². The van der Waals surface area contributed by atoms with Crippen LogP contribution < -0.4 is 15.8 Å². The molecule has 1 aromatic rings. The molecule has 0 heterocycles. The Morgan fingerprint density at radius 3 is 2.63 bits per heavy atom. The minimum absolute atomic E-state index is 0.136. The zero-order valence-corrected chi connectivity index (χ0v) is 10.5. The van der Waals surface area contributed by atoms with Gasteiger partial charge in [-0.25, -0.2) is 4.39 Å². The zero-order chi connectivity index (χ0) is 14.6. The quantitative estimate of drug-likeness (QED) is 0.863. The highest BCUT2D eigenvalue weighted by Gasteiger charge is 2.19. The number of halogens is 3. The molecule has 0 saturated heterocycles. The lowest BCUT2D eigenvalue weighted by molar-refractivity contribution is -0.0503. The molecule has 0 aliphatic carbocycles. The van der Waals surface area contributed by atoms with Gasteiger partial charge in [0.05, 0.1) is 5.56 Å². The highest BCUT2D eigenvalue weighted by Crippen LogP contribution is 2.22. The van der Waals surface area contributed by atoms with Gasteiger partial charge >= 0.3 is 6.61 Å². The Kier molecular flexibility index (Phi) is 4.77. The van der Waals surface area contributed by atoms with Crippen molar-refractivity contribution in [3.63, 3.8) is 0 Å². The van der Waals surface area contributed by atoms with Gasteiger partial charge in [0.2, 0.25) is 0 Å². The molecule has 0 radical (unpaired) electrons. The van der Waals surface area contributed by atoms with Crippen LogP contribution in [0.5, 0.6) is 5.75 Å². The maximum atomic E-state index is 13.0. The monoisotopic (exact) mass is 276 g/mol. The highest BCUT2D eigenvalue weighted by atomic mass is 19.3. The molecule has 0 fully saturated rings. The van der Waals surface area contributed by atoms with Crippen molar-refractivity contribution >= 4 is 5.91 Å². The summed E-state index contributed by atoms with van der Waals surface area (Å²) in [6, 6.07) is 2.79. The van der Waals surface area contributed by atoms with E-state index in [0.29, 0.717) is 0 Å². The maximum Gasteiger partial charge on any atom is 0.387 e. The molecule has 0 saturated carbocycles. The predicted molar refractivity (Wildman–Crippen MR) is 63.6 cm³/mol. The first-order chi connectivity index (χ1) is 8.69. The van der Waals surface area contributed by atoms with Gasteiger partial charge in [0.25, 0.3) is 5.91 Å². The number of rotatable bonds is 5. The summed E-state index contributed by atoms with van der Waals surface area (Å²) in [5.41, 5.74) is 4.85. The molecule has 3 N–H and O–H groups in total. The van der Waals surface area contributed by atoms with E-state index in [4.69, 9.17) is 5.73 Å². The van der Waals surface area contributed by atoms with E-state index < -0.39 is 29.6 Å². The van der Waals surface area contributed by atoms with Gasteiger partial charge in [0, 0.05) is 18.2 Å². The van der Waals surface area contributed by atoms with Gasteiger partial charge in [0.1, 0.15) is 11.6 Å². The molecule has 0 aliphatic heterocycles. The molecule has 1 amide bonds. The number of ether oxygens (including phenoxy) is 1. The molecule has 1 rings (SSSR count). The molecule has 0 spiro atoms. The van der Waals surface area contributed by atoms with Crippen LogP contribution in [0.15, 0.2) is 18.2 Å². The fraction of sp³-hybridized carbons (Fsp3) is 0.417. The maximum absolute atomic E-state index is 13.0. The summed E-state index contributed by atoms with van der Waals surface area (Å²) in [5.74, 6) is -1.94. The summed E-state index contributed by atoms with van der Waals surface area (Å²) in [6.07, 6.45) is 0. The van der Waals surface area contributed by atoms with Gasteiger partial charge in [-0.15, -0.1) is 0 Å². The van der Waals surface area contributed by atoms with Gasteiger partial charge in [-0.05, 0) is 26.0 Å². The van der Waals surface area contributed by atoms with E-state index in [0.717, 1.165) is 18.2 Å². The third-order valence-electron chi connectivity index (χ3n) is 2.11. The van der Waals surface area contributed by atoms with Crippen LogP contribution in [0.2, 0.25) is 0 Å². The minimum Gasteiger partial charge on any atom is -0.434 e. The number of nitrogens with one attached hydrogen (secondary N) is 1. The van der Waals surface area contributed by atoms with Crippen molar-refractivity contribution in [2.45, 2.75) is 26.0 Å². The summed E-state index contributed by atoms with van der Waals surface area (Å²) in [4.78, 5) is 11.8. The number of alkyl halides is 2. The first-order valence-electron chi connectivity index (χ1n) is 5.50. The predicted octanol–water partition coefficient (Wildman–Crippen LogP) is 1.89. The largest absolute Gasteiger partial charge is 0.434 e. The van der Waals surface area contributed by atoms with E-state index in [1.807, 2.05) is 0 Å². The third kappa shape index (κ3) is 5.17. The van der Waals surface area contributed by atoms with E-state index in [1.165, 1.54) is 0 Å². The standard InChI is InChI=1S/C12H15F3N2O2/c1-12(2,16)6-17-10(18)8-4-3-7(13)5-9(8)19-11(14)15/h3-5,11H,6,16H2,1-2H3,(H,17,18). The van der Waals surface area contributed by atoms with Crippen molar-refractivity contribution in [3.8, 4) is 5.75 Å². The van der Waals surface area contributed by atoms with Crippen molar-refractivity contribution in [3.05, 3.63) is 29.6 Å². The van der Waals surface area contributed by atoms with Crippen LogP contribution in [-0.4, -0.2) is 24.6 Å². The minimum atomic E-state index is -3.14. The molecule has 0 aliphatic rings. The molecule has 106 valence electrons. The van der Waals surface area contributed by atoms with E-state index in [9.17, 15) is 18.0 Å². The van der Waals surface area contributed by atoms with Crippen LogP contribution in [0, 0.1) is 5.82 Å². The first kappa shape index (κ1) is 15.3. The lowest BCUT2D eigenvalue weighted by Crippen LogP contribution is -2.45. The van der Waals surface area contributed by atoms with Crippen molar-refractivity contribution in [2.75, 3.05) is 6.54 Å².